The van der Waals surface area contributed by atoms with Crippen molar-refractivity contribution in [1.29, 1.82) is 0 Å². The SMILES string of the molecule is O=C(C1CC(O)CN1)N1CC(Oc2ccc3c(c2C(O)O)OB(O)CC3)C1. The monoisotopic (exact) mass is 378 g/mol. The largest absolute Gasteiger partial charge is 0.535 e. The van der Waals surface area contributed by atoms with Gasteiger partial charge in [-0.3, -0.25) is 4.79 Å². The van der Waals surface area contributed by atoms with E-state index in [1.54, 1.807) is 17.0 Å². The third-order valence-corrected chi connectivity index (χ3v) is 5.27. The highest BCUT2D eigenvalue weighted by molar-refractivity contribution is 6.44. The normalized spacial score (nSPS) is 25.2. The number of ether oxygens (including phenoxy) is 1. The molecule has 0 saturated carbocycles. The van der Waals surface area contributed by atoms with Crippen molar-refractivity contribution in [2.75, 3.05) is 19.6 Å². The molecule has 0 aromatic heterocycles. The topological polar surface area (TPSA) is 132 Å². The highest BCUT2D eigenvalue weighted by atomic mass is 16.5. The number of β-amino-alcohol motifs (C(OH)–C–C–N with tert-alkyl or cyclic N) is 1. The molecule has 2 fully saturated rings. The molecule has 2 saturated heterocycles. The van der Waals surface area contributed by atoms with Crippen molar-refractivity contribution in [1.82, 2.24) is 10.2 Å². The van der Waals surface area contributed by atoms with Gasteiger partial charge in [0.25, 0.3) is 0 Å². The van der Waals surface area contributed by atoms with Gasteiger partial charge in [0.2, 0.25) is 5.91 Å². The van der Waals surface area contributed by atoms with E-state index in [9.17, 15) is 25.1 Å². The van der Waals surface area contributed by atoms with Crippen LogP contribution in [0.15, 0.2) is 12.1 Å². The first-order chi connectivity index (χ1) is 12.9. The van der Waals surface area contributed by atoms with E-state index in [2.05, 4.69) is 5.32 Å². The highest BCUT2D eigenvalue weighted by Gasteiger charge is 2.39. The standard InChI is InChI=1S/C17H23BN2O7/c21-10-5-12(19-6-10)16(22)20-7-11(8-20)26-13-2-1-9-3-4-18(25)27-15(9)14(13)17(23)24/h1-2,10-12,17,19,21,23-25H,3-8H2. The molecule has 0 aliphatic carbocycles. The summed E-state index contributed by atoms with van der Waals surface area (Å²) >= 11 is 0. The van der Waals surface area contributed by atoms with Gasteiger partial charge in [0.05, 0.1) is 30.8 Å². The van der Waals surface area contributed by atoms with Crippen molar-refractivity contribution in [3.05, 3.63) is 23.3 Å². The van der Waals surface area contributed by atoms with Crippen LogP contribution in [0.5, 0.6) is 11.5 Å². The summed E-state index contributed by atoms with van der Waals surface area (Å²) in [5.41, 5.74) is 0.878. The number of rotatable bonds is 4. The van der Waals surface area contributed by atoms with Crippen LogP contribution in [0.4, 0.5) is 0 Å². The van der Waals surface area contributed by atoms with Crippen LogP contribution in [0.1, 0.15) is 23.8 Å². The van der Waals surface area contributed by atoms with Gasteiger partial charge in [-0.05, 0) is 30.8 Å². The average Bonchev–Trinajstić information content (AvgIpc) is 3.02. The Kier molecular flexibility index (Phi) is 5.00. The number of fused-ring (bicyclic) bond motifs is 1. The summed E-state index contributed by atoms with van der Waals surface area (Å²) < 4.78 is 11.3. The minimum absolute atomic E-state index is 0.0642. The van der Waals surface area contributed by atoms with Crippen LogP contribution in [0, 0.1) is 0 Å². The molecule has 3 aliphatic rings. The van der Waals surface area contributed by atoms with E-state index in [4.69, 9.17) is 9.39 Å². The van der Waals surface area contributed by atoms with E-state index in [0.29, 0.717) is 38.8 Å². The Morgan fingerprint density at radius 3 is 2.81 bits per heavy atom. The first-order valence-corrected chi connectivity index (χ1v) is 9.16. The van der Waals surface area contributed by atoms with Crippen LogP contribution < -0.4 is 14.7 Å². The second-order valence-electron chi connectivity index (χ2n) is 7.28. The third kappa shape index (κ3) is 3.63. The fourth-order valence-electron chi connectivity index (χ4n) is 3.78. The number of aryl methyl sites for hydroxylation is 1. The quantitative estimate of drug-likeness (QED) is 0.313. The van der Waals surface area contributed by atoms with E-state index in [1.807, 2.05) is 0 Å². The lowest BCUT2D eigenvalue weighted by Crippen LogP contribution is -2.59. The number of benzene rings is 1. The Bertz CT molecular complexity index is 725. The molecule has 1 aromatic rings. The molecule has 2 unspecified atom stereocenters. The van der Waals surface area contributed by atoms with Gasteiger partial charge in [-0.2, -0.15) is 0 Å². The third-order valence-electron chi connectivity index (χ3n) is 5.27. The van der Waals surface area contributed by atoms with Crippen LogP contribution in [-0.4, -0.2) is 76.2 Å². The van der Waals surface area contributed by atoms with Crippen LogP contribution in [-0.2, 0) is 11.2 Å². The Labute approximate surface area is 156 Å². The molecule has 5 N–H and O–H groups in total. The van der Waals surface area contributed by atoms with Gasteiger partial charge in [0.15, 0.2) is 6.29 Å². The lowest BCUT2D eigenvalue weighted by Gasteiger charge is -2.40. The van der Waals surface area contributed by atoms with Gasteiger partial charge in [0, 0.05) is 6.54 Å². The second-order valence-corrected chi connectivity index (χ2v) is 7.28. The van der Waals surface area contributed by atoms with Gasteiger partial charge in [-0.15, -0.1) is 0 Å². The van der Waals surface area contributed by atoms with E-state index in [-0.39, 0.29) is 35.1 Å². The summed E-state index contributed by atoms with van der Waals surface area (Å²) in [6.07, 6.45) is -1.15. The molecule has 2 atom stereocenters. The van der Waals surface area contributed by atoms with E-state index < -0.39 is 19.5 Å². The smallest absolute Gasteiger partial charge is 0.522 e. The number of likely N-dealkylation sites (tertiary alicyclic amines) is 1. The fourth-order valence-corrected chi connectivity index (χ4v) is 3.78. The highest BCUT2D eigenvalue weighted by Crippen LogP contribution is 2.40. The average molecular weight is 378 g/mol. The number of carbonyl (C=O) groups excluding carboxylic acids is 1. The fraction of sp³-hybridized carbons (Fsp3) is 0.588. The molecule has 0 bridgehead atoms. The van der Waals surface area contributed by atoms with Crippen molar-refractivity contribution in [3.8, 4) is 11.5 Å². The van der Waals surface area contributed by atoms with E-state index in [1.165, 1.54) is 0 Å². The van der Waals surface area contributed by atoms with Crippen molar-refractivity contribution in [2.45, 2.75) is 43.7 Å². The van der Waals surface area contributed by atoms with Gasteiger partial charge < -0.3 is 40.0 Å². The van der Waals surface area contributed by atoms with E-state index >= 15 is 0 Å². The summed E-state index contributed by atoms with van der Waals surface area (Å²) in [7, 11) is -0.990. The zero-order chi connectivity index (χ0) is 19.1. The number of nitrogens with zero attached hydrogens (tertiary/aromatic N) is 1. The summed E-state index contributed by atoms with van der Waals surface area (Å²) in [6, 6.07) is 3.08. The molecule has 3 heterocycles. The van der Waals surface area contributed by atoms with Crippen molar-refractivity contribution < 1.29 is 34.5 Å². The molecule has 3 aliphatic heterocycles. The minimum Gasteiger partial charge on any atom is -0.535 e. The van der Waals surface area contributed by atoms with Gasteiger partial charge in [-0.25, -0.2) is 0 Å². The summed E-state index contributed by atoms with van der Waals surface area (Å²) in [4.78, 5) is 14.0. The molecule has 4 rings (SSSR count). The van der Waals surface area contributed by atoms with Crippen LogP contribution >= 0.6 is 0 Å². The molecular formula is C17H23BN2O7. The first kappa shape index (κ1) is 18.5. The Hall–Kier alpha value is -1.85. The number of amides is 1. The lowest BCUT2D eigenvalue weighted by molar-refractivity contribution is -0.142. The van der Waals surface area contributed by atoms with Crippen LogP contribution in [0.25, 0.3) is 0 Å². The number of nitrogens with one attached hydrogen (secondary N) is 1. The predicted molar refractivity (Wildman–Crippen MR) is 94.1 cm³/mol. The number of hydrogen-bond donors (Lipinski definition) is 5. The van der Waals surface area contributed by atoms with Gasteiger partial charge >= 0.3 is 7.12 Å². The van der Waals surface area contributed by atoms with Crippen molar-refractivity contribution >= 4 is 13.0 Å². The Morgan fingerprint density at radius 2 is 2.15 bits per heavy atom. The first-order valence-electron chi connectivity index (χ1n) is 9.16. The minimum atomic E-state index is -1.80. The number of aliphatic hydroxyl groups excluding tert-OH is 2. The number of carbonyl (C=O) groups is 1. The second kappa shape index (κ2) is 7.29. The Balaban J connectivity index is 1.42. The maximum Gasteiger partial charge on any atom is 0.522 e. The maximum absolute atomic E-state index is 12.3. The van der Waals surface area contributed by atoms with Crippen molar-refractivity contribution in [2.24, 2.45) is 0 Å². The van der Waals surface area contributed by atoms with Crippen LogP contribution in [0.3, 0.4) is 0 Å². The molecule has 1 amide bonds. The van der Waals surface area contributed by atoms with Crippen molar-refractivity contribution in [3.63, 3.8) is 0 Å². The molecule has 0 radical (unpaired) electrons. The van der Waals surface area contributed by atoms with Crippen LogP contribution in [0.2, 0.25) is 6.32 Å². The zero-order valence-corrected chi connectivity index (χ0v) is 14.7. The molecule has 10 heteroatoms. The van der Waals surface area contributed by atoms with E-state index in [0.717, 1.165) is 5.56 Å². The molecule has 9 nitrogen and oxygen atoms in total. The number of hydrogen-bond acceptors (Lipinski definition) is 8. The molecule has 1 aromatic carbocycles. The lowest BCUT2D eigenvalue weighted by atomic mass is 9.78. The Morgan fingerprint density at radius 1 is 1.37 bits per heavy atom. The predicted octanol–water partition coefficient (Wildman–Crippen LogP) is -1.60. The molecule has 0 spiro atoms. The molecule has 146 valence electrons. The summed E-state index contributed by atoms with van der Waals surface area (Å²) in [5.74, 6) is 0.452. The summed E-state index contributed by atoms with van der Waals surface area (Å²) in [6.45, 7) is 1.19. The van der Waals surface area contributed by atoms with Gasteiger partial charge in [-0.1, -0.05) is 6.07 Å². The number of aliphatic hydroxyl groups is 3. The zero-order valence-electron chi connectivity index (χ0n) is 14.7. The van der Waals surface area contributed by atoms with Gasteiger partial charge in [0.1, 0.15) is 17.6 Å². The summed E-state index contributed by atoms with van der Waals surface area (Å²) in [5, 5.41) is 41.8. The molecule has 27 heavy (non-hydrogen) atoms. The maximum atomic E-state index is 12.3. The molecular weight excluding hydrogens is 355 g/mol.